The van der Waals surface area contributed by atoms with E-state index in [2.05, 4.69) is 0 Å². The molecule has 1 aromatic carbocycles. The molecule has 1 saturated heterocycles. The minimum atomic E-state index is -1.02. The Morgan fingerprint density at radius 1 is 1.14 bits per heavy atom. The second kappa shape index (κ2) is 5.95. The number of carbonyl (C=O) groups excluding carboxylic acids is 2. The summed E-state index contributed by atoms with van der Waals surface area (Å²) in [6.45, 7) is 4.10. The van der Waals surface area contributed by atoms with Gasteiger partial charge in [0.1, 0.15) is 0 Å². The fraction of sp³-hybridized carbons (Fsp3) is 0.400. The lowest BCUT2D eigenvalue weighted by atomic mass is 10.1. The molecular formula is C15H18N2O4. The number of piperazine rings is 1. The monoisotopic (exact) mass is 290 g/mol. The highest BCUT2D eigenvalue weighted by Gasteiger charge is 2.31. The number of carboxylic acid groups (broad SMARTS) is 1. The molecule has 1 heterocycles. The number of carboxylic acids is 1. The largest absolute Gasteiger partial charge is 0.481 e. The number of rotatable bonds is 4. The molecule has 2 rings (SSSR count). The lowest BCUT2D eigenvalue weighted by Crippen LogP contribution is -2.54. The number of aryl methyl sites for hydroxylation is 2. The third-order valence-corrected chi connectivity index (χ3v) is 3.66. The van der Waals surface area contributed by atoms with Crippen molar-refractivity contribution < 1.29 is 19.5 Å². The second-order valence-corrected chi connectivity index (χ2v) is 5.21. The van der Waals surface area contributed by atoms with Crippen molar-refractivity contribution in [2.45, 2.75) is 20.3 Å². The van der Waals surface area contributed by atoms with Crippen LogP contribution in [-0.2, 0) is 14.4 Å². The van der Waals surface area contributed by atoms with E-state index in [1.165, 1.54) is 0 Å². The average Bonchev–Trinajstić information content (AvgIpc) is 2.40. The van der Waals surface area contributed by atoms with Crippen LogP contribution in [0.3, 0.4) is 0 Å². The number of nitrogens with zero attached hydrogens (tertiary/aromatic N) is 2. The van der Waals surface area contributed by atoms with E-state index in [0.717, 1.165) is 21.7 Å². The fourth-order valence-electron chi connectivity index (χ4n) is 2.25. The number of imide groups is 1. The average molecular weight is 290 g/mol. The van der Waals surface area contributed by atoms with Gasteiger partial charge in [0.2, 0.25) is 11.8 Å². The molecule has 6 nitrogen and oxygen atoms in total. The Labute approximate surface area is 123 Å². The van der Waals surface area contributed by atoms with Crippen LogP contribution in [0, 0.1) is 13.8 Å². The molecule has 1 fully saturated rings. The minimum absolute atomic E-state index is 0.0617. The molecule has 0 aromatic heterocycles. The van der Waals surface area contributed by atoms with Crippen molar-refractivity contribution in [1.82, 2.24) is 4.90 Å². The molecule has 0 unspecified atom stereocenters. The first-order valence-electron chi connectivity index (χ1n) is 6.75. The van der Waals surface area contributed by atoms with Crippen LogP contribution in [-0.4, -0.2) is 47.4 Å². The van der Waals surface area contributed by atoms with Crippen LogP contribution in [0.2, 0.25) is 0 Å². The van der Waals surface area contributed by atoms with Crippen LogP contribution >= 0.6 is 0 Å². The molecule has 0 atom stereocenters. The predicted molar refractivity (Wildman–Crippen MR) is 77.1 cm³/mol. The van der Waals surface area contributed by atoms with Gasteiger partial charge in [0, 0.05) is 12.2 Å². The van der Waals surface area contributed by atoms with Crippen LogP contribution in [0.4, 0.5) is 5.69 Å². The number of carbonyl (C=O) groups is 3. The summed E-state index contributed by atoms with van der Waals surface area (Å²) < 4.78 is 0. The maximum absolute atomic E-state index is 12.0. The standard InChI is InChI=1S/C15H18N2O4/c1-10-3-4-12(7-11(10)2)16-8-13(18)17(14(19)9-16)6-5-15(20)21/h3-4,7H,5-6,8-9H2,1-2H3,(H,20,21). The normalized spacial score (nSPS) is 15.5. The Kier molecular flexibility index (Phi) is 4.26. The molecule has 1 N–H and O–H groups in total. The van der Waals surface area contributed by atoms with Gasteiger partial charge in [-0.1, -0.05) is 6.07 Å². The van der Waals surface area contributed by atoms with Crippen molar-refractivity contribution in [1.29, 1.82) is 0 Å². The zero-order valence-corrected chi connectivity index (χ0v) is 12.1. The van der Waals surface area contributed by atoms with E-state index < -0.39 is 5.97 Å². The molecular weight excluding hydrogens is 272 g/mol. The van der Waals surface area contributed by atoms with Gasteiger partial charge in [0.25, 0.3) is 0 Å². The third-order valence-electron chi connectivity index (χ3n) is 3.66. The minimum Gasteiger partial charge on any atom is -0.481 e. The fourth-order valence-corrected chi connectivity index (χ4v) is 2.25. The summed E-state index contributed by atoms with van der Waals surface area (Å²) >= 11 is 0. The van der Waals surface area contributed by atoms with Gasteiger partial charge in [-0.05, 0) is 37.1 Å². The van der Waals surface area contributed by atoms with Gasteiger partial charge in [0.05, 0.1) is 19.5 Å². The lowest BCUT2D eigenvalue weighted by molar-refractivity contribution is -0.146. The van der Waals surface area contributed by atoms with Gasteiger partial charge in [0.15, 0.2) is 0 Å². The summed E-state index contributed by atoms with van der Waals surface area (Å²) in [7, 11) is 0. The van der Waals surface area contributed by atoms with Crippen molar-refractivity contribution in [3.05, 3.63) is 29.3 Å². The smallest absolute Gasteiger partial charge is 0.305 e. The van der Waals surface area contributed by atoms with Gasteiger partial charge in [-0.3, -0.25) is 19.3 Å². The van der Waals surface area contributed by atoms with E-state index in [9.17, 15) is 14.4 Å². The van der Waals surface area contributed by atoms with Gasteiger partial charge in [-0.2, -0.15) is 0 Å². The van der Waals surface area contributed by atoms with Crippen LogP contribution < -0.4 is 4.90 Å². The molecule has 21 heavy (non-hydrogen) atoms. The first kappa shape index (κ1) is 15.0. The lowest BCUT2D eigenvalue weighted by Gasteiger charge is -2.34. The van der Waals surface area contributed by atoms with Crippen LogP contribution in [0.15, 0.2) is 18.2 Å². The van der Waals surface area contributed by atoms with Crippen LogP contribution in [0.25, 0.3) is 0 Å². The summed E-state index contributed by atoms with van der Waals surface area (Å²) in [5.74, 6) is -1.73. The Bertz CT molecular complexity index is 579. The number of aliphatic carboxylic acids is 1. The maximum atomic E-state index is 12.0. The maximum Gasteiger partial charge on any atom is 0.305 e. The molecule has 1 aliphatic rings. The number of hydrogen-bond acceptors (Lipinski definition) is 4. The number of hydrogen-bond donors (Lipinski definition) is 1. The third kappa shape index (κ3) is 3.39. The van der Waals surface area contributed by atoms with Crippen molar-refractivity contribution in [2.24, 2.45) is 0 Å². The summed E-state index contributed by atoms with van der Waals surface area (Å²) in [4.78, 5) is 37.3. The van der Waals surface area contributed by atoms with E-state index in [1.807, 2.05) is 32.0 Å². The van der Waals surface area contributed by atoms with Crippen molar-refractivity contribution in [2.75, 3.05) is 24.5 Å². The highest BCUT2D eigenvalue weighted by atomic mass is 16.4. The number of anilines is 1. The molecule has 0 bridgehead atoms. The highest BCUT2D eigenvalue weighted by molar-refractivity contribution is 6.03. The van der Waals surface area contributed by atoms with Crippen molar-refractivity contribution in [3.8, 4) is 0 Å². The van der Waals surface area contributed by atoms with Gasteiger partial charge in [-0.25, -0.2) is 0 Å². The van der Waals surface area contributed by atoms with Crippen LogP contribution in [0.1, 0.15) is 17.5 Å². The van der Waals surface area contributed by atoms with Crippen molar-refractivity contribution >= 4 is 23.5 Å². The molecule has 0 aliphatic carbocycles. The van der Waals surface area contributed by atoms with Gasteiger partial charge >= 0.3 is 5.97 Å². The van der Waals surface area contributed by atoms with Gasteiger partial charge < -0.3 is 10.0 Å². The van der Waals surface area contributed by atoms with E-state index in [0.29, 0.717) is 0 Å². The van der Waals surface area contributed by atoms with Crippen LogP contribution in [0.5, 0.6) is 0 Å². The van der Waals surface area contributed by atoms with Crippen molar-refractivity contribution in [3.63, 3.8) is 0 Å². The number of amides is 2. The molecule has 0 saturated carbocycles. The highest BCUT2D eigenvalue weighted by Crippen LogP contribution is 2.21. The quantitative estimate of drug-likeness (QED) is 0.835. The zero-order chi connectivity index (χ0) is 15.6. The number of benzene rings is 1. The summed E-state index contributed by atoms with van der Waals surface area (Å²) in [6, 6.07) is 5.79. The molecule has 1 aromatic rings. The van der Waals surface area contributed by atoms with E-state index in [4.69, 9.17) is 5.11 Å². The molecule has 2 amide bonds. The summed E-state index contributed by atoms with van der Waals surface area (Å²) in [5.41, 5.74) is 3.08. The second-order valence-electron chi connectivity index (χ2n) is 5.21. The topological polar surface area (TPSA) is 77.9 Å². The molecule has 6 heteroatoms. The van der Waals surface area contributed by atoms with Gasteiger partial charge in [-0.15, -0.1) is 0 Å². The first-order chi connectivity index (χ1) is 9.88. The Morgan fingerprint density at radius 2 is 1.76 bits per heavy atom. The molecule has 0 radical (unpaired) electrons. The Morgan fingerprint density at radius 3 is 2.29 bits per heavy atom. The molecule has 1 aliphatic heterocycles. The SMILES string of the molecule is Cc1ccc(N2CC(=O)N(CCC(=O)O)C(=O)C2)cc1C. The van der Waals surface area contributed by atoms with E-state index in [1.54, 1.807) is 4.90 Å². The predicted octanol–water partition coefficient (Wildman–Crippen LogP) is 0.953. The van der Waals surface area contributed by atoms with E-state index >= 15 is 0 Å². The Balaban J connectivity index is 2.10. The molecule has 112 valence electrons. The first-order valence-corrected chi connectivity index (χ1v) is 6.75. The van der Waals surface area contributed by atoms with E-state index in [-0.39, 0.29) is 37.9 Å². The summed E-state index contributed by atoms with van der Waals surface area (Å²) in [5, 5.41) is 8.64. The molecule has 0 spiro atoms. The zero-order valence-electron chi connectivity index (χ0n) is 12.1. The Hall–Kier alpha value is -2.37. The summed E-state index contributed by atoms with van der Waals surface area (Å²) in [6.07, 6.45) is -0.221.